The van der Waals surface area contributed by atoms with E-state index in [4.69, 9.17) is 0 Å². The Bertz CT molecular complexity index is 1560. The maximum atomic E-state index is 14.6. The Labute approximate surface area is 249 Å². The van der Waals surface area contributed by atoms with Crippen LogP contribution in [0.15, 0.2) is 35.3 Å². The summed E-state index contributed by atoms with van der Waals surface area (Å²) < 4.78 is 16.1. The summed E-state index contributed by atoms with van der Waals surface area (Å²) in [6.45, 7) is 8.07. The molecule has 4 N–H and O–H groups in total. The number of imidazole rings is 1. The van der Waals surface area contributed by atoms with E-state index in [1.54, 1.807) is 26.2 Å². The number of allylic oxidation sites excluding steroid dienone is 1. The number of hydrogen-bond donors (Lipinski definition) is 4. The number of anilines is 1. The fourth-order valence-electron chi connectivity index (χ4n) is 4.55. The lowest BCUT2D eigenvalue weighted by atomic mass is 10.1. The number of nitrogens with one attached hydrogen (secondary N) is 3. The molecule has 3 heterocycles. The Hall–Kier alpha value is -4.55. The number of carbonyl (C=O) groups excluding carboxylic acids is 2. The summed E-state index contributed by atoms with van der Waals surface area (Å²) in [6.07, 6.45) is 4.12. The second kappa shape index (κ2) is 14.6. The average Bonchev–Trinajstić information content (AvgIpc) is 3.35. The molecule has 232 valence electrons. The molecule has 12 nitrogen and oxygen atoms in total. The number of hydrogen-bond acceptors (Lipinski definition) is 6. The lowest BCUT2D eigenvalue weighted by Gasteiger charge is -2.18. The summed E-state index contributed by atoms with van der Waals surface area (Å²) in [4.78, 5) is 63.1. The van der Waals surface area contributed by atoms with Crippen LogP contribution in [0.4, 0.5) is 14.9 Å². The van der Waals surface area contributed by atoms with E-state index in [0.29, 0.717) is 35.6 Å². The Morgan fingerprint density at radius 3 is 2.47 bits per heavy atom. The number of aromatic amines is 1. The number of rotatable bonds is 13. The molecule has 3 rings (SSSR count). The fourth-order valence-corrected chi connectivity index (χ4v) is 4.55. The van der Waals surface area contributed by atoms with Crippen LogP contribution < -0.4 is 16.2 Å². The number of nitrogens with zero attached hydrogens (tertiary/aromatic N) is 4. The zero-order valence-corrected chi connectivity index (χ0v) is 25.4. The first kappa shape index (κ1) is 33.0. The number of fused-ring (bicyclic) bond motifs is 1. The number of likely N-dealkylation sites (N-methyl/N-ethyl adjacent to an activating group) is 1. The first-order valence-electron chi connectivity index (χ1n) is 14.2. The molecule has 3 aromatic heterocycles. The molecule has 0 bridgehead atoms. The zero-order valence-electron chi connectivity index (χ0n) is 25.4. The zero-order chi connectivity index (χ0) is 31.8. The number of pyridine rings is 2. The topological polar surface area (TPSA) is 162 Å². The number of H-pyrrole nitrogens is 1. The van der Waals surface area contributed by atoms with Crippen molar-refractivity contribution < 1.29 is 23.9 Å². The van der Waals surface area contributed by atoms with Crippen LogP contribution >= 0.6 is 0 Å². The molecule has 0 saturated heterocycles. The van der Waals surface area contributed by atoms with E-state index in [2.05, 4.69) is 25.6 Å². The van der Waals surface area contributed by atoms with Gasteiger partial charge in [0.2, 0.25) is 11.8 Å². The number of amides is 3. The minimum absolute atomic E-state index is 0.0126. The van der Waals surface area contributed by atoms with E-state index in [1.165, 1.54) is 21.6 Å². The molecule has 13 heteroatoms. The second-order valence-electron chi connectivity index (χ2n) is 11.5. The van der Waals surface area contributed by atoms with Gasteiger partial charge in [0.15, 0.2) is 5.82 Å². The van der Waals surface area contributed by atoms with Crippen LogP contribution in [0.2, 0.25) is 0 Å². The highest BCUT2D eigenvalue weighted by Gasteiger charge is 2.23. The predicted molar refractivity (Wildman–Crippen MR) is 161 cm³/mol. The molecule has 0 saturated carbocycles. The fraction of sp³-hybridized carbons (Fsp3) is 0.467. The van der Waals surface area contributed by atoms with E-state index in [0.717, 1.165) is 6.20 Å². The summed E-state index contributed by atoms with van der Waals surface area (Å²) in [5, 5.41) is 14.0. The van der Waals surface area contributed by atoms with Gasteiger partial charge in [-0.05, 0) is 55.7 Å². The van der Waals surface area contributed by atoms with Crippen molar-refractivity contribution in [3.8, 4) is 0 Å². The average molecular weight is 598 g/mol. The highest BCUT2D eigenvalue weighted by atomic mass is 19.1. The van der Waals surface area contributed by atoms with Gasteiger partial charge < -0.3 is 30.2 Å². The monoisotopic (exact) mass is 597 g/mol. The first-order chi connectivity index (χ1) is 20.3. The lowest BCUT2D eigenvalue weighted by Crippen LogP contribution is -2.44. The van der Waals surface area contributed by atoms with Gasteiger partial charge in [-0.15, -0.1) is 0 Å². The van der Waals surface area contributed by atoms with Crippen molar-refractivity contribution >= 4 is 34.6 Å². The molecule has 0 unspecified atom stereocenters. The summed E-state index contributed by atoms with van der Waals surface area (Å²) in [6, 6.07) is 2.04. The number of halogens is 1. The summed E-state index contributed by atoms with van der Waals surface area (Å²) in [5.74, 6) is -0.688. The molecule has 0 aromatic carbocycles. The molecule has 0 aliphatic carbocycles. The standard InChI is InChI=1S/C30H40FN7O5/c1-17(2)13-19-11-12-22(33-28(40)21(34-30(42)43)9-7-8-10-25(39)37(5)6)29(41)38(19)16-24-35-26-20(31)15-32-23(14-18(3)4)27(26)36-24/h8,10-12,15,17-18,21,34H,7,9,13-14,16H2,1-6H3,(H,33,40)(H,35,36)(H,42,43)/b10-8+/t21-/m0/s1. The maximum Gasteiger partial charge on any atom is 0.405 e. The SMILES string of the molecule is CC(C)Cc1ncc(F)c2nc(Cn3c(CC(C)C)ccc(NC(=O)[C@H](CC/C=C/C(=O)N(C)C)NC(=O)O)c3=O)[nH]c12. The molecule has 1 atom stereocenters. The molecular formula is C30H40FN7O5. The van der Waals surface area contributed by atoms with Crippen molar-refractivity contribution in [2.24, 2.45) is 11.8 Å². The van der Waals surface area contributed by atoms with Crippen LogP contribution in [0.1, 0.15) is 57.7 Å². The molecule has 0 aliphatic heterocycles. The van der Waals surface area contributed by atoms with Crippen molar-refractivity contribution in [1.82, 2.24) is 29.7 Å². The summed E-state index contributed by atoms with van der Waals surface area (Å²) in [7, 11) is 3.20. The van der Waals surface area contributed by atoms with E-state index in [9.17, 15) is 28.7 Å². The largest absolute Gasteiger partial charge is 0.465 e. The van der Waals surface area contributed by atoms with E-state index in [-0.39, 0.29) is 48.3 Å². The molecule has 3 amide bonds. The van der Waals surface area contributed by atoms with Crippen LogP contribution in [0.5, 0.6) is 0 Å². The van der Waals surface area contributed by atoms with Gasteiger partial charge in [0.25, 0.3) is 5.56 Å². The van der Waals surface area contributed by atoms with Gasteiger partial charge in [0, 0.05) is 19.8 Å². The summed E-state index contributed by atoms with van der Waals surface area (Å²) in [5.41, 5.74) is 1.44. The van der Waals surface area contributed by atoms with Gasteiger partial charge in [-0.25, -0.2) is 14.2 Å². The van der Waals surface area contributed by atoms with Crippen molar-refractivity contribution in [3.05, 3.63) is 63.9 Å². The third-order valence-corrected chi connectivity index (χ3v) is 6.59. The third kappa shape index (κ3) is 8.97. The Kier molecular flexibility index (Phi) is 11.2. The van der Waals surface area contributed by atoms with Crippen LogP contribution in [0.3, 0.4) is 0 Å². The van der Waals surface area contributed by atoms with Crippen LogP contribution in [-0.2, 0) is 29.0 Å². The van der Waals surface area contributed by atoms with Crippen molar-refractivity contribution in [3.63, 3.8) is 0 Å². The van der Waals surface area contributed by atoms with Gasteiger partial charge in [0.1, 0.15) is 23.1 Å². The number of carbonyl (C=O) groups is 3. The minimum atomic E-state index is -1.40. The molecule has 3 aromatic rings. The lowest BCUT2D eigenvalue weighted by molar-refractivity contribution is -0.123. The maximum absolute atomic E-state index is 14.6. The van der Waals surface area contributed by atoms with Crippen LogP contribution in [0, 0.1) is 17.7 Å². The van der Waals surface area contributed by atoms with Crippen molar-refractivity contribution in [1.29, 1.82) is 0 Å². The van der Waals surface area contributed by atoms with Gasteiger partial charge in [-0.2, -0.15) is 0 Å². The molecule has 0 aliphatic rings. The van der Waals surface area contributed by atoms with E-state index >= 15 is 0 Å². The van der Waals surface area contributed by atoms with Crippen molar-refractivity contribution in [2.45, 2.75) is 66.0 Å². The number of carboxylic acid groups (broad SMARTS) is 1. The van der Waals surface area contributed by atoms with Crippen molar-refractivity contribution in [2.75, 3.05) is 19.4 Å². The van der Waals surface area contributed by atoms with Gasteiger partial charge in [-0.3, -0.25) is 19.4 Å². The normalized spacial score (nSPS) is 12.3. The Morgan fingerprint density at radius 1 is 1.14 bits per heavy atom. The molecule has 0 radical (unpaired) electrons. The molecular weight excluding hydrogens is 557 g/mol. The Morgan fingerprint density at radius 2 is 1.84 bits per heavy atom. The highest BCUT2D eigenvalue weighted by Crippen LogP contribution is 2.21. The van der Waals surface area contributed by atoms with E-state index in [1.807, 2.05) is 27.7 Å². The first-order valence-corrected chi connectivity index (χ1v) is 14.2. The third-order valence-electron chi connectivity index (χ3n) is 6.59. The molecule has 0 spiro atoms. The number of aromatic nitrogens is 4. The van der Waals surface area contributed by atoms with Gasteiger partial charge >= 0.3 is 6.09 Å². The second-order valence-corrected chi connectivity index (χ2v) is 11.5. The van der Waals surface area contributed by atoms with Crippen LogP contribution in [0.25, 0.3) is 11.0 Å². The Balaban J connectivity index is 1.92. The molecule has 43 heavy (non-hydrogen) atoms. The minimum Gasteiger partial charge on any atom is -0.465 e. The van der Waals surface area contributed by atoms with Gasteiger partial charge in [0.05, 0.1) is 24.0 Å². The smallest absolute Gasteiger partial charge is 0.405 e. The molecule has 0 fully saturated rings. The quantitative estimate of drug-likeness (QED) is 0.218. The van der Waals surface area contributed by atoms with Gasteiger partial charge in [-0.1, -0.05) is 33.8 Å². The van der Waals surface area contributed by atoms with Crippen LogP contribution in [-0.4, -0.2) is 67.6 Å². The predicted octanol–water partition coefficient (Wildman–Crippen LogP) is 3.70. The van der Waals surface area contributed by atoms with E-state index < -0.39 is 29.4 Å². The summed E-state index contributed by atoms with van der Waals surface area (Å²) >= 11 is 0. The highest BCUT2D eigenvalue weighted by molar-refractivity contribution is 5.96.